The molecule has 1 aromatic heterocycles. The number of carbonyl (C=O) groups is 1. The zero-order valence-corrected chi connectivity index (χ0v) is 12.7. The summed E-state index contributed by atoms with van der Waals surface area (Å²) in [6.45, 7) is 2.08. The Labute approximate surface area is 129 Å². The van der Waals surface area contributed by atoms with E-state index < -0.39 is 0 Å². The van der Waals surface area contributed by atoms with E-state index in [2.05, 4.69) is 15.3 Å². The monoisotopic (exact) mass is 299 g/mol. The van der Waals surface area contributed by atoms with Crippen molar-refractivity contribution < 1.29 is 9.90 Å². The van der Waals surface area contributed by atoms with Crippen molar-refractivity contribution in [2.24, 2.45) is 5.92 Å². The van der Waals surface area contributed by atoms with Crippen molar-refractivity contribution in [2.75, 3.05) is 11.9 Å². The molecule has 0 saturated heterocycles. The first-order valence-corrected chi connectivity index (χ1v) is 7.70. The molecule has 2 aromatic rings. The Morgan fingerprint density at radius 2 is 2.18 bits per heavy atom. The lowest BCUT2D eigenvalue weighted by Gasteiger charge is -2.20. The molecule has 3 N–H and O–H groups in total. The number of anilines is 1. The highest BCUT2D eigenvalue weighted by Crippen LogP contribution is 2.25. The maximum absolute atomic E-state index is 12.4. The van der Waals surface area contributed by atoms with Crippen LogP contribution in [0.15, 0.2) is 24.3 Å². The fraction of sp³-hybridized carbons (Fsp3) is 0.412. The predicted molar refractivity (Wildman–Crippen MR) is 84.7 cm³/mol. The molecule has 5 heteroatoms. The third-order valence-corrected chi connectivity index (χ3v) is 4.16. The minimum Gasteiger partial charge on any atom is -0.396 e. The first kappa shape index (κ1) is 14.8. The van der Waals surface area contributed by atoms with E-state index in [0.29, 0.717) is 6.42 Å². The summed E-state index contributed by atoms with van der Waals surface area (Å²) in [6.07, 6.45) is 3.06. The van der Waals surface area contributed by atoms with E-state index in [1.165, 1.54) is 0 Å². The molecule has 22 heavy (non-hydrogen) atoms. The van der Waals surface area contributed by atoms with Crippen LogP contribution >= 0.6 is 0 Å². The molecule has 116 valence electrons. The minimum absolute atomic E-state index is 0.00975. The van der Waals surface area contributed by atoms with Gasteiger partial charge in [0.15, 0.2) is 0 Å². The van der Waals surface area contributed by atoms with Crippen LogP contribution in [0.1, 0.15) is 29.2 Å². The number of nitrogens with one attached hydrogen (secondary N) is 2. The number of H-pyrrole nitrogens is 1. The average Bonchev–Trinajstić information content (AvgIpc) is 2.88. The molecular weight excluding hydrogens is 278 g/mol. The van der Waals surface area contributed by atoms with Gasteiger partial charge in [-0.1, -0.05) is 12.1 Å². The third-order valence-electron chi connectivity index (χ3n) is 4.16. The summed E-state index contributed by atoms with van der Waals surface area (Å²) in [5.41, 5.74) is 4.08. The number of hydrogen-bond donors (Lipinski definition) is 3. The van der Waals surface area contributed by atoms with Crippen LogP contribution in [-0.4, -0.2) is 27.6 Å². The number of rotatable bonds is 4. The molecule has 5 nitrogen and oxygen atoms in total. The summed E-state index contributed by atoms with van der Waals surface area (Å²) in [4.78, 5) is 20.1. The highest BCUT2D eigenvalue weighted by atomic mass is 16.3. The minimum atomic E-state index is -0.00975. The van der Waals surface area contributed by atoms with Gasteiger partial charge in [0.1, 0.15) is 5.82 Å². The fourth-order valence-corrected chi connectivity index (χ4v) is 2.98. The predicted octanol–water partition coefficient (Wildman–Crippen LogP) is 2.00. The molecule has 1 aromatic carbocycles. The van der Waals surface area contributed by atoms with Gasteiger partial charge >= 0.3 is 0 Å². The third kappa shape index (κ3) is 3.20. The molecule has 1 unspecified atom stereocenters. The van der Waals surface area contributed by atoms with Crippen LogP contribution in [0, 0.1) is 12.8 Å². The Morgan fingerprint density at radius 1 is 1.41 bits per heavy atom. The molecule has 3 rings (SSSR count). The Bertz CT molecular complexity index is 661. The highest BCUT2D eigenvalue weighted by molar-refractivity contribution is 5.92. The van der Waals surface area contributed by atoms with Gasteiger partial charge in [-0.25, -0.2) is 4.98 Å². The number of amides is 1. The molecule has 1 aliphatic rings. The van der Waals surface area contributed by atoms with Crippen LogP contribution in [0.3, 0.4) is 0 Å². The number of aliphatic hydroxyl groups is 1. The van der Waals surface area contributed by atoms with Gasteiger partial charge in [-0.3, -0.25) is 4.79 Å². The number of imidazole rings is 1. The zero-order valence-electron chi connectivity index (χ0n) is 12.7. The molecule has 0 saturated carbocycles. The Hall–Kier alpha value is -2.14. The smallest absolute Gasteiger partial charge is 0.227 e. The maximum atomic E-state index is 12.4. The lowest BCUT2D eigenvalue weighted by Crippen LogP contribution is -2.28. The maximum Gasteiger partial charge on any atom is 0.227 e. The van der Waals surface area contributed by atoms with E-state index in [4.69, 9.17) is 5.11 Å². The van der Waals surface area contributed by atoms with Gasteiger partial charge in [-0.05, 0) is 43.9 Å². The summed E-state index contributed by atoms with van der Waals surface area (Å²) >= 11 is 0. The van der Waals surface area contributed by atoms with Gasteiger partial charge in [0.25, 0.3) is 0 Å². The number of aromatic nitrogens is 2. The normalized spacial score (nSPS) is 17.1. The molecule has 0 aliphatic heterocycles. The van der Waals surface area contributed by atoms with E-state index >= 15 is 0 Å². The average molecular weight is 299 g/mol. The zero-order chi connectivity index (χ0) is 15.5. The molecular formula is C17H21N3O2. The van der Waals surface area contributed by atoms with E-state index in [-0.39, 0.29) is 18.4 Å². The largest absolute Gasteiger partial charge is 0.396 e. The van der Waals surface area contributed by atoms with Crippen LogP contribution < -0.4 is 5.32 Å². The van der Waals surface area contributed by atoms with Crippen LogP contribution in [0.4, 0.5) is 5.69 Å². The summed E-state index contributed by atoms with van der Waals surface area (Å²) in [7, 11) is 0. The number of hydrogen-bond acceptors (Lipinski definition) is 3. The van der Waals surface area contributed by atoms with Crippen molar-refractivity contribution in [1.29, 1.82) is 0 Å². The second-order valence-corrected chi connectivity index (χ2v) is 5.85. The first-order chi connectivity index (χ1) is 10.7. The van der Waals surface area contributed by atoms with Crippen LogP contribution in [0.5, 0.6) is 0 Å². The van der Waals surface area contributed by atoms with E-state index in [0.717, 1.165) is 47.7 Å². The molecule has 1 heterocycles. The van der Waals surface area contributed by atoms with Crippen molar-refractivity contribution in [3.8, 4) is 0 Å². The number of aliphatic hydroxyl groups excluding tert-OH is 1. The number of fused-ring (bicyclic) bond motifs is 1. The second kappa shape index (κ2) is 6.32. The van der Waals surface area contributed by atoms with Crippen LogP contribution in [0.2, 0.25) is 0 Å². The number of carbonyl (C=O) groups excluding carboxylic acids is 1. The second-order valence-electron chi connectivity index (χ2n) is 5.85. The van der Waals surface area contributed by atoms with Gasteiger partial charge in [-0.2, -0.15) is 0 Å². The van der Waals surface area contributed by atoms with E-state index in [9.17, 15) is 4.79 Å². The van der Waals surface area contributed by atoms with Gasteiger partial charge < -0.3 is 15.4 Å². The van der Waals surface area contributed by atoms with Crippen molar-refractivity contribution in [3.63, 3.8) is 0 Å². The Kier molecular flexibility index (Phi) is 4.24. The number of aryl methyl sites for hydroxylation is 2. The van der Waals surface area contributed by atoms with Crippen molar-refractivity contribution in [2.45, 2.75) is 32.6 Å². The molecule has 1 amide bonds. The summed E-state index contributed by atoms with van der Waals surface area (Å²) in [5, 5.41) is 11.9. The van der Waals surface area contributed by atoms with Crippen molar-refractivity contribution in [3.05, 3.63) is 47.0 Å². The SMILES string of the molecule is Cc1nc2c([nH]1)CC(C(=O)Nc1ccc(CCO)cc1)CC2. The molecule has 0 radical (unpaired) electrons. The van der Waals surface area contributed by atoms with Crippen molar-refractivity contribution >= 4 is 11.6 Å². The van der Waals surface area contributed by atoms with Crippen LogP contribution in [-0.2, 0) is 24.1 Å². The van der Waals surface area contributed by atoms with Crippen LogP contribution in [0.25, 0.3) is 0 Å². The first-order valence-electron chi connectivity index (χ1n) is 7.70. The summed E-state index contributed by atoms with van der Waals surface area (Å²) in [5.74, 6) is 0.975. The van der Waals surface area contributed by atoms with Gasteiger partial charge in [0, 0.05) is 30.3 Å². The summed E-state index contributed by atoms with van der Waals surface area (Å²) < 4.78 is 0. The molecule has 1 atom stereocenters. The number of nitrogens with zero attached hydrogens (tertiary/aromatic N) is 1. The van der Waals surface area contributed by atoms with Gasteiger partial charge in [0.05, 0.1) is 5.69 Å². The Morgan fingerprint density at radius 3 is 2.91 bits per heavy atom. The van der Waals surface area contributed by atoms with Crippen molar-refractivity contribution in [1.82, 2.24) is 9.97 Å². The molecule has 0 fully saturated rings. The van der Waals surface area contributed by atoms with Gasteiger partial charge in [-0.15, -0.1) is 0 Å². The van der Waals surface area contributed by atoms with Gasteiger partial charge in [0.2, 0.25) is 5.91 Å². The lowest BCUT2D eigenvalue weighted by atomic mass is 9.89. The summed E-state index contributed by atoms with van der Waals surface area (Å²) in [6, 6.07) is 7.64. The van der Waals surface area contributed by atoms with E-state index in [1.807, 2.05) is 31.2 Å². The highest BCUT2D eigenvalue weighted by Gasteiger charge is 2.26. The number of benzene rings is 1. The Balaban J connectivity index is 1.62. The number of aromatic amines is 1. The molecule has 1 aliphatic carbocycles. The standard InChI is InChI=1S/C17H21N3O2/c1-11-18-15-7-4-13(10-16(15)19-11)17(22)20-14-5-2-12(3-6-14)8-9-21/h2-3,5-6,13,21H,4,7-10H2,1H3,(H,18,19)(H,20,22). The molecule has 0 spiro atoms. The van der Waals surface area contributed by atoms with E-state index in [1.54, 1.807) is 0 Å². The fourth-order valence-electron chi connectivity index (χ4n) is 2.98. The molecule has 0 bridgehead atoms. The quantitative estimate of drug-likeness (QED) is 0.808. The lowest BCUT2D eigenvalue weighted by molar-refractivity contribution is -0.120. The topological polar surface area (TPSA) is 78.0 Å².